The number of esters is 2. The lowest BCUT2D eigenvalue weighted by molar-refractivity contribution is -0.140. The van der Waals surface area contributed by atoms with Crippen molar-refractivity contribution >= 4 is 40.9 Å². The number of hydrogen-bond donors (Lipinski definition) is 1. The number of ketones is 1. The van der Waals surface area contributed by atoms with E-state index in [0.29, 0.717) is 12.0 Å². The number of Topliss-reactive ketones (excluding diaryl/α,β-unsaturated/α-hetero) is 1. The molecule has 164 valence electrons. The van der Waals surface area contributed by atoms with Crippen LogP contribution in [-0.4, -0.2) is 36.5 Å². The summed E-state index contributed by atoms with van der Waals surface area (Å²) in [6.45, 7) is 3.43. The fraction of sp³-hybridized carbons (Fsp3) is 0.450. The van der Waals surface area contributed by atoms with E-state index in [1.165, 1.54) is 14.2 Å². The van der Waals surface area contributed by atoms with E-state index in [-0.39, 0.29) is 46.8 Å². The summed E-state index contributed by atoms with van der Waals surface area (Å²) < 4.78 is 26.0. The summed E-state index contributed by atoms with van der Waals surface area (Å²) in [6, 6.07) is 0. The Balaban J connectivity index is 2.65. The molecule has 0 radical (unpaired) electrons. The molecule has 1 aromatic carbocycles. The van der Waals surface area contributed by atoms with Gasteiger partial charge in [0.2, 0.25) is 5.78 Å². The van der Waals surface area contributed by atoms with Gasteiger partial charge in [-0.1, -0.05) is 34.9 Å². The van der Waals surface area contributed by atoms with Crippen LogP contribution in [0.5, 0.6) is 5.75 Å². The van der Waals surface area contributed by atoms with Gasteiger partial charge in [0.05, 0.1) is 19.8 Å². The van der Waals surface area contributed by atoms with E-state index < -0.39 is 22.6 Å². The van der Waals surface area contributed by atoms with Crippen LogP contribution >= 0.6 is 23.2 Å². The van der Waals surface area contributed by atoms with Crippen molar-refractivity contribution in [2.75, 3.05) is 14.2 Å². The zero-order chi connectivity index (χ0) is 22.8. The Kier molecular flexibility index (Phi) is 7.49. The molecular formula is C20H22Cl2FNO6. The van der Waals surface area contributed by atoms with Crippen molar-refractivity contribution in [2.24, 2.45) is 5.73 Å². The number of methoxy groups -OCH3 is 2. The van der Waals surface area contributed by atoms with Crippen LogP contribution in [0.2, 0.25) is 0 Å². The largest absolute Gasteiger partial charge is 0.496 e. The second-order valence-electron chi connectivity index (χ2n) is 6.78. The molecule has 0 aromatic heterocycles. The van der Waals surface area contributed by atoms with Gasteiger partial charge in [-0.15, -0.1) is 0 Å². The zero-order valence-corrected chi connectivity index (χ0v) is 18.4. The minimum Gasteiger partial charge on any atom is -0.496 e. The summed E-state index contributed by atoms with van der Waals surface area (Å²) in [7, 11) is 2.66. The molecule has 1 atom stereocenters. The number of ether oxygens (including phenoxy) is 3. The molecule has 0 saturated carbocycles. The maximum atomic E-state index is 14.2. The number of cyclic esters (lactones) is 1. The first-order valence-corrected chi connectivity index (χ1v) is 9.73. The van der Waals surface area contributed by atoms with Gasteiger partial charge in [0.15, 0.2) is 6.23 Å². The van der Waals surface area contributed by atoms with E-state index >= 15 is 0 Å². The van der Waals surface area contributed by atoms with Crippen molar-refractivity contribution < 1.29 is 33.0 Å². The highest BCUT2D eigenvalue weighted by Gasteiger charge is 2.44. The molecule has 1 aliphatic rings. The maximum Gasteiger partial charge on any atom is 0.341 e. The van der Waals surface area contributed by atoms with Crippen LogP contribution < -0.4 is 10.5 Å². The predicted octanol–water partition coefficient (Wildman–Crippen LogP) is 3.86. The summed E-state index contributed by atoms with van der Waals surface area (Å²) in [5.41, 5.74) is 7.07. The third kappa shape index (κ3) is 4.77. The number of nitrogens with two attached hydrogens (primary N) is 1. The number of alkyl halides is 3. The average molecular weight is 462 g/mol. The molecule has 1 heterocycles. The lowest BCUT2D eigenvalue weighted by Gasteiger charge is -2.20. The molecule has 1 unspecified atom stereocenters. The SMILES string of the molecule is COC(=O)CCC(C)=CCc1c(OC)c(C)c2c(c1C(=O)C(F)(Cl)Cl)C(=O)OC2N. The molecule has 2 N–H and O–H groups in total. The summed E-state index contributed by atoms with van der Waals surface area (Å²) in [4.78, 5) is 36.5. The van der Waals surface area contributed by atoms with Gasteiger partial charge in [0, 0.05) is 28.7 Å². The molecule has 7 nitrogen and oxygen atoms in total. The molecule has 30 heavy (non-hydrogen) atoms. The number of benzene rings is 1. The van der Waals surface area contributed by atoms with Crippen molar-refractivity contribution in [1.29, 1.82) is 0 Å². The van der Waals surface area contributed by atoms with Crippen LogP contribution in [0.1, 0.15) is 63.4 Å². The molecule has 1 aromatic rings. The normalized spacial score (nSPS) is 16.2. The number of carbonyl (C=O) groups is 3. The number of fused-ring (bicyclic) bond motifs is 1. The zero-order valence-electron chi connectivity index (χ0n) is 16.9. The van der Waals surface area contributed by atoms with E-state index in [2.05, 4.69) is 4.74 Å². The van der Waals surface area contributed by atoms with E-state index in [4.69, 9.17) is 38.4 Å². The van der Waals surface area contributed by atoms with Crippen molar-refractivity contribution in [1.82, 2.24) is 0 Å². The highest BCUT2D eigenvalue weighted by Crippen LogP contribution is 2.43. The Bertz CT molecular complexity index is 923. The molecule has 0 spiro atoms. The fourth-order valence-corrected chi connectivity index (χ4v) is 3.57. The number of allylic oxidation sites excluding steroid dienone is 2. The number of rotatable bonds is 8. The molecule has 0 amide bonds. The standard InChI is InChI=1S/C20H22Cl2FNO6/c1-9(6-8-12(25)28-3)5-7-11-14(17(26)20(21,22)23)15-13(10(2)16(11)29-4)18(24)30-19(15)27/h5,18H,6-8,24H2,1-4H3. The first-order valence-electron chi connectivity index (χ1n) is 8.97. The van der Waals surface area contributed by atoms with Gasteiger partial charge in [-0.2, -0.15) is 4.39 Å². The molecule has 0 aliphatic carbocycles. The highest BCUT2D eigenvalue weighted by molar-refractivity contribution is 6.58. The van der Waals surface area contributed by atoms with E-state index in [0.717, 1.165) is 5.57 Å². The first-order chi connectivity index (χ1) is 13.9. The molecule has 1 aliphatic heterocycles. The lowest BCUT2D eigenvalue weighted by atomic mass is 9.87. The maximum absolute atomic E-state index is 14.2. The summed E-state index contributed by atoms with van der Waals surface area (Å²) in [5.74, 6) is -2.33. The fourth-order valence-electron chi connectivity index (χ4n) is 3.38. The van der Waals surface area contributed by atoms with Crippen molar-refractivity contribution in [2.45, 2.75) is 43.9 Å². The molecule has 10 heteroatoms. The quantitative estimate of drug-likeness (QED) is 0.271. The number of hydrogen-bond acceptors (Lipinski definition) is 7. The molecule has 0 saturated heterocycles. The summed E-state index contributed by atoms with van der Waals surface area (Å²) in [6.07, 6.45) is 1.25. The van der Waals surface area contributed by atoms with Gasteiger partial charge < -0.3 is 14.2 Å². The van der Waals surface area contributed by atoms with Gasteiger partial charge in [-0.05, 0) is 26.7 Å². The monoisotopic (exact) mass is 461 g/mol. The van der Waals surface area contributed by atoms with E-state index in [9.17, 15) is 18.8 Å². The van der Waals surface area contributed by atoms with Crippen LogP contribution in [0, 0.1) is 6.92 Å². The van der Waals surface area contributed by atoms with Crippen molar-refractivity contribution in [3.05, 3.63) is 39.5 Å². The van der Waals surface area contributed by atoms with Gasteiger partial charge in [-0.25, -0.2) is 4.79 Å². The summed E-state index contributed by atoms with van der Waals surface area (Å²) >= 11 is 10.9. The molecule has 0 bridgehead atoms. The third-order valence-corrected chi connectivity index (χ3v) is 5.20. The Morgan fingerprint density at radius 2 is 1.93 bits per heavy atom. The Labute approximate surface area is 183 Å². The third-order valence-electron chi connectivity index (χ3n) is 4.86. The van der Waals surface area contributed by atoms with E-state index in [1.54, 1.807) is 19.9 Å². The molecule has 0 fully saturated rings. The van der Waals surface area contributed by atoms with Crippen LogP contribution in [0.15, 0.2) is 11.6 Å². The second-order valence-corrected chi connectivity index (χ2v) is 8.02. The van der Waals surface area contributed by atoms with Crippen molar-refractivity contribution in [3.8, 4) is 5.75 Å². The van der Waals surface area contributed by atoms with Gasteiger partial charge in [0.1, 0.15) is 5.75 Å². The molecular weight excluding hydrogens is 440 g/mol. The Morgan fingerprint density at radius 1 is 1.30 bits per heavy atom. The van der Waals surface area contributed by atoms with E-state index in [1.807, 2.05) is 0 Å². The van der Waals surface area contributed by atoms with Gasteiger partial charge in [-0.3, -0.25) is 15.3 Å². The van der Waals surface area contributed by atoms with Crippen LogP contribution in [0.4, 0.5) is 4.39 Å². The number of halogens is 3. The highest BCUT2D eigenvalue weighted by atomic mass is 35.5. The average Bonchev–Trinajstić information content (AvgIpc) is 2.97. The van der Waals surface area contributed by atoms with Crippen molar-refractivity contribution in [3.63, 3.8) is 0 Å². The topological polar surface area (TPSA) is 105 Å². The van der Waals surface area contributed by atoms with Gasteiger partial charge >= 0.3 is 16.5 Å². The Morgan fingerprint density at radius 3 is 2.47 bits per heavy atom. The summed E-state index contributed by atoms with van der Waals surface area (Å²) in [5, 5.41) is 0. The Hall–Kier alpha value is -2.16. The van der Waals surface area contributed by atoms with Crippen LogP contribution in [0.25, 0.3) is 0 Å². The minimum atomic E-state index is -3.28. The predicted molar refractivity (Wildman–Crippen MR) is 109 cm³/mol. The van der Waals surface area contributed by atoms with Crippen LogP contribution in [0.3, 0.4) is 0 Å². The minimum absolute atomic E-state index is 0.0811. The van der Waals surface area contributed by atoms with Gasteiger partial charge in [0.25, 0.3) is 0 Å². The molecule has 2 rings (SSSR count). The lowest BCUT2D eigenvalue weighted by Crippen LogP contribution is -2.25. The second kappa shape index (κ2) is 9.32. The first kappa shape index (κ1) is 24.1. The van der Waals surface area contributed by atoms with Crippen LogP contribution in [-0.2, 0) is 20.7 Å². The number of carbonyl (C=O) groups excluding carboxylic acids is 3. The smallest absolute Gasteiger partial charge is 0.341 e.